The smallest absolute Gasteiger partial charge is 0.144 e. The fourth-order valence-corrected chi connectivity index (χ4v) is 2.14. The van der Waals surface area contributed by atoms with Crippen LogP contribution in [0.25, 0.3) is 0 Å². The van der Waals surface area contributed by atoms with E-state index < -0.39 is 0 Å². The zero-order valence-electron chi connectivity index (χ0n) is 11.6. The minimum atomic E-state index is -0.214. The monoisotopic (exact) mass is 273 g/mol. The van der Waals surface area contributed by atoms with Gasteiger partial charge in [0.05, 0.1) is 0 Å². The molecule has 4 N–H and O–H groups in total. The van der Waals surface area contributed by atoms with Gasteiger partial charge in [-0.2, -0.15) is 11.8 Å². The molecule has 0 aromatic heterocycles. The molecular weight excluding hydrogens is 246 g/mol. The molecule has 0 aliphatic rings. The molecule has 0 radical (unpaired) electrons. The average molecular weight is 273 g/mol. The van der Waals surface area contributed by atoms with Crippen LogP contribution >= 0.6 is 11.8 Å². The van der Waals surface area contributed by atoms with Crippen molar-refractivity contribution in [3.05, 3.63) is 12.7 Å². The van der Waals surface area contributed by atoms with Crippen molar-refractivity contribution in [3.8, 4) is 0 Å². The summed E-state index contributed by atoms with van der Waals surface area (Å²) in [4.78, 5) is 0. The molecule has 0 aromatic carbocycles. The molecule has 0 aliphatic carbocycles. The van der Waals surface area contributed by atoms with E-state index in [-0.39, 0.29) is 5.41 Å². The zero-order chi connectivity index (χ0) is 13.9. The van der Waals surface area contributed by atoms with Crippen LogP contribution in [0.15, 0.2) is 17.8 Å². The predicted octanol–water partition coefficient (Wildman–Crippen LogP) is 2.44. The van der Waals surface area contributed by atoms with Crippen LogP contribution in [0.5, 0.6) is 0 Å². The molecule has 0 aliphatic heterocycles. The van der Waals surface area contributed by atoms with Crippen molar-refractivity contribution in [3.63, 3.8) is 0 Å². The van der Waals surface area contributed by atoms with Gasteiger partial charge >= 0.3 is 0 Å². The lowest BCUT2D eigenvalue weighted by Gasteiger charge is -2.22. The highest BCUT2D eigenvalue weighted by atomic mass is 32.2. The van der Waals surface area contributed by atoms with Crippen LogP contribution in [-0.4, -0.2) is 35.6 Å². The molecular formula is C13H27N3OS. The van der Waals surface area contributed by atoms with Gasteiger partial charge in [0, 0.05) is 23.5 Å². The molecule has 0 unspecified atom stereocenters. The molecule has 0 heterocycles. The molecule has 18 heavy (non-hydrogen) atoms. The van der Waals surface area contributed by atoms with Crippen LogP contribution < -0.4 is 11.1 Å². The van der Waals surface area contributed by atoms with E-state index in [1.54, 1.807) is 0 Å². The Bertz CT molecular complexity index is 255. The molecule has 0 atom stereocenters. The number of rotatable bonds is 11. The number of oxime groups is 1. The molecule has 0 aromatic rings. The second-order valence-electron chi connectivity index (χ2n) is 4.94. The normalized spacial score (nSPS) is 12.7. The number of hydrogen-bond donors (Lipinski definition) is 3. The van der Waals surface area contributed by atoms with E-state index in [1.165, 1.54) is 0 Å². The highest BCUT2D eigenvalue weighted by Gasteiger charge is 2.22. The number of amidine groups is 1. The van der Waals surface area contributed by atoms with Gasteiger partial charge in [-0.15, -0.1) is 6.58 Å². The third kappa shape index (κ3) is 8.42. The topological polar surface area (TPSA) is 70.6 Å². The molecule has 5 heteroatoms. The SMILES string of the molecule is C=CCSCCNCCCCC(C)(C)/C(N)=N/O. The summed E-state index contributed by atoms with van der Waals surface area (Å²) >= 11 is 1.89. The van der Waals surface area contributed by atoms with E-state index in [2.05, 4.69) is 17.1 Å². The number of nitrogens with one attached hydrogen (secondary N) is 1. The Labute approximate surface area is 115 Å². The van der Waals surface area contributed by atoms with E-state index in [1.807, 2.05) is 31.7 Å². The maximum absolute atomic E-state index is 8.66. The van der Waals surface area contributed by atoms with Crippen molar-refractivity contribution < 1.29 is 5.21 Å². The first kappa shape index (κ1) is 17.3. The maximum Gasteiger partial charge on any atom is 0.144 e. The number of unbranched alkanes of at least 4 members (excludes halogenated alkanes) is 1. The fraction of sp³-hybridized carbons (Fsp3) is 0.769. The Hall–Kier alpha value is -0.680. The lowest BCUT2D eigenvalue weighted by Crippen LogP contribution is -2.32. The van der Waals surface area contributed by atoms with Crippen LogP contribution in [0.1, 0.15) is 33.1 Å². The molecule has 0 bridgehead atoms. The molecule has 0 rings (SSSR count). The molecule has 0 amide bonds. The summed E-state index contributed by atoms with van der Waals surface area (Å²) in [7, 11) is 0. The van der Waals surface area contributed by atoms with Crippen molar-refractivity contribution in [1.82, 2.24) is 5.32 Å². The summed E-state index contributed by atoms with van der Waals surface area (Å²) < 4.78 is 0. The summed E-state index contributed by atoms with van der Waals surface area (Å²) in [5.41, 5.74) is 5.42. The van der Waals surface area contributed by atoms with Crippen LogP contribution in [0.3, 0.4) is 0 Å². The predicted molar refractivity (Wildman–Crippen MR) is 81.4 cm³/mol. The van der Waals surface area contributed by atoms with Crippen molar-refractivity contribution in [1.29, 1.82) is 0 Å². The first-order chi connectivity index (χ1) is 8.54. The van der Waals surface area contributed by atoms with Gasteiger partial charge in [0.15, 0.2) is 0 Å². The molecule has 0 spiro atoms. The average Bonchev–Trinajstić information content (AvgIpc) is 2.35. The van der Waals surface area contributed by atoms with Crippen molar-refractivity contribution in [2.75, 3.05) is 24.6 Å². The summed E-state index contributed by atoms with van der Waals surface area (Å²) in [6.45, 7) is 9.76. The highest BCUT2D eigenvalue weighted by Crippen LogP contribution is 2.22. The molecule has 106 valence electrons. The molecule has 0 saturated carbocycles. The largest absolute Gasteiger partial charge is 0.409 e. The Morgan fingerprint density at radius 1 is 1.44 bits per heavy atom. The van der Waals surface area contributed by atoms with Gasteiger partial charge in [-0.1, -0.05) is 31.5 Å². The Balaban J connectivity index is 3.43. The maximum atomic E-state index is 8.66. The Morgan fingerprint density at radius 2 is 2.17 bits per heavy atom. The summed E-state index contributed by atoms with van der Waals surface area (Å²) in [6, 6.07) is 0. The van der Waals surface area contributed by atoms with E-state index in [4.69, 9.17) is 10.9 Å². The van der Waals surface area contributed by atoms with Gasteiger partial charge < -0.3 is 16.3 Å². The first-order valence-electron chi connectivity index (χ1n) is 6.42. The van der Waals surface area contributed by atoms with Gasteiger partial charge in [-0.3, -0.25) is 0 Å². The molecule has 0 fully saturated rings. The van der Waals surface area contributed by atoms with Crippen molar-refractivity contribution in [2.45, 2.75) is 33.1 Å². The lowest BCUT2D eigenvalue weighted by atomic mass is 9.86. The quantitative estimate of drug-likeness (QED) is 0.135. The van der Waals surface area contributed by atoms with Crippen molar-refractivity contribution in [2.24, 2.45) is 16.3 Å². The standard InChI is InChI=1S/C13H27N3OS/c1-4-10-18-11-9-15-8-6-5-7-13(2,3)12(14)16-17/h4,15,17H,1,5-11H2,2-3H3,(H2,14,16). The lowest BCUT2D eigenvalue weighted by molar-refractivity contribution is 0.304. The summed E-state index contributed by atoms with van der Waals surface area (Å²) in [6.07, 6.45) is 5.07. The Kier molecular flexibility index (Phi) is 9.87. The van der Waals surface area contributed by atoms with E-state index >= 15 is 0 Å². The third-order valence-corrected chi connectivity index (χ3v) is 3.83. The second-order valence-corrected chi connectivity index (χ2v) is 6.09. The van der Waals surface area contributed by atoms with Crippen LogP contribution in [0.4, 0.5) is 0 Å². The van der Waals surface area contributed by atoms with E-state index in [9.17, 15) is 0 Å². The molecule has 0 saturated heterocycles. The Morgan fingerprint density at radius 3 is 2.78 bits per heavy atom. The minimum absolute atomic E-state index is 0.214. The van der Waals surface area contributed by atoms with Crippen LogP contribution in [0, 0.1) is 5.41 Å². The molecule has 4 nitrogen and oxygen atoms in total. The van der Waals surface area contributed by atoms with E-state index in [0.29, 0.717) is 5.84 Å². The first-order valence-corrected chi connectivity index (χ1v) is 7.57. The zero-order valence-corrected chi connectivity index (χ0v) is 12.4. The highest BCUT2D eigenvalue weighted by molar-refractivity contribution is 7.99. The third-order valence-electron chi connectivity index (χ3n) is 2.87. The number of hydrogen-bond acceptors (Lipinski definition) is 4. The number of thioether (sulfide) groups is 1. The second kappa shape index (κ2) is 10.3. The van der Waals surface area contributed by atoms with Gasteiger partial charge in [-0.25, -0.2) is 0 Å². The van der Waals surface area contributed by atoms with Gasteiger partial charge in [-0.05, 0) is 19.4 Å². The number of nitrogens with two attached hydrogens (primary N) is 1. The van der Waals surface area contributed by atoms with Gasteiger partial charge in [0.2, 0.25) is 0 Å². The van der Waals surface area contributed by atoms with Crippen LogP contribution in [0.2, 0.25) is 0 Å². The fourth-order valence-electron chi connectivity index (χ4n) is 1.52. The van der Waals surface area contributed by atoms with Gasteiger partial charge in [0.25, 0.3) is 0 Å². The minimum Gasteiger partial charge on any atom is -0.409 e. The summed E-state index contributed by atoms with van der Waals surface area (Å²) in [5, 5.41) is 15.1. The number of nitrogens with zero attached hydrogens (tertiary/aromatic N) is 1. The summed E-state index contributed by atoms with van der Waals surface area (Å²) in [5.74, 6) is 2.47. The van der Waals surface area contributed by atoms with Crippen molar-refractivity contribution >= 4 is 17.6 Å². The van der Waals surface area contributed by atoms with E-state index in [0.717, 1.165) is 43.9 Å². The van der Waals surface area contributed by atoms with Gasteiger partial charge in [0.1, 0.15) is 5.84 Å². The van der Waals surface area contributed by atoms with Crippen LogP contribution in [-0.2, 0) is 0 Å².